The van der Waals surface area contributed by atoms with Gasteiger partial charge >= 0.3 is 0 Å². The molecule has 2 aromatic heterocycles. The number of hydrogen-bond acceptors (Lipinski definition) is 3. The van der Waals surface area contributed by atoms with E-state index >= 15 is 0 Å². The number of thiophene rings is 1. The minimum absolute atomic E-state index is 0.00763. The van der Waals surface area contributed by atoms with Crippen LogP contribution in [0.5, 0.6) is 0 Å². The lowest BCUT2D eigenvalue weighted by atomic mass is 10.1. The molecule has 0 bridgehead atoms. The zero-order chi connectivity index (χ0) is 14.1. The monoisotopic (exact) mass is 284 g/mol. The first-order chi connectivity index (χ1) is 9.66. The Morgan fingerprint density at radius 2 is 2.05 bits per heavy atom. The Morgan fingerprint density at radius 3 is 2.80 bits per heavy atom. The van der Waals surface area contributed by atoms with Crippen molar-refractivity contribution in [2.45, 2.75) is 13.5 Å². The van der Waals surface area contributed by atoms with Gasteiger partial charge in [0.25, 0.3) is 5.56 Å². The Hall–Kier alpha value is -2.07. The number of aromatic nitrogens is 1. The van der Waals surface area contributed by atoms with Crippen LogP contribution in [0.2, 0.25) is 0 Å². The highest BCUT2D eigenvalue weighted by Crippen LogP contribution is 2.22. The largest absolute Gasteiger partial charge is 0.380 e. The Labute approximate surface area is 121 Å². The lowest BCUT2D eigenvalue weighted by Crippen LogP contribution is -2.17. The molecule has 0 aliphatic carbocycles. The van der Waals surface area contributed by atoms with Gasteiger partial charge in [-0.15, -0.1) is 0 Å². The van der Waals surface area contributed by atoms with E-state index in [0.29, 0.717) is 0 Å². The third kappa shape index (κ3) is 2.23. The van der Waals surface area contributed by atoms with Gasteiger partial charge in [-0.05, 0) is 34.9 Å². The second kappa shape index (κ2) is 5.13. The summed E-state index contributed by atoms with van der Waals surface area (Å²) < 4.78 is 1.68. The molecule has 4 heteroatoms. The van der Waals surface area contributed by atoms with E-state index < -0.39 is 0 Å². The average molecular weight is 284 g/mol. The normalized spacial score (nSPS) is 10.9. The first kappa shape index (κ1) is 12.9. The number of fused-ring (bicyclic) bond motifs is 1. The number of nitrogens with one attached hydrogen (secondary N) is 1. The van der Waals surface area contributed by atoms with Crippen molar-refractivity contribution in [3.63, 3.8) is 0 Å². The molecule has 0 amide bonds. The van der Waals surface area contributed by atoms with E-state index in [1.54, 1.807) is 29.0 Å². The summed E-state index contributed by atoms with van der Waals surface area (Å²) >= 11 is 1.70. The van der Waals surface area contributed by atoms with E-state index in [9.17, 15) is 4.79 Å². The van der Waals surface area contributed by atoms with Crippen LogP contribution in [-0.4, -0.2) is 4.57 Å². The summed E-state index contributed by atoms with van der Waals surface area (Å²) in [7, 11) is 1.80. The van der Waals surface area contributed by atoms with Gasteiger partial charge in [0, 0.05) is 30.7 Å². The Morgan fingerprint density at radius 1 is 1.25 bits per heavy atom. The maximum absolute atomic E-state index is 12.0. The van der Waals surface area contributed by atoms with Crippen molar-refractivity contribution in [2.75, 3.05) is 5.32 Å². The van der Waals surface area contributed by atoms with Crippen LogP contribution in [0.1, 0.15) is 11.1 Å². The SMILES string of the molecule is Cc1cscc1CNc1cc(=O)n(C)c2ccccc12. The van der Waals surface area contributed by atoms with Gasteiger partial charge in [-0.3, -0.25) is 4.79 Å². The topological polar surface area (TPSA) is 34.0 Å². The average Bonchev–Trinajstić information content (AvgIpc) is 2.87. The minimum atomic E-state index is 0.00763. The van der Waals surface area contributed by atoms with Gasteiger partial charge in [-0.25, -0.2) is 0 Å². The molecule has 102 valence electrons. The maximum Gasteiger partial charge on any atom is 0.252 e. The zero-order valence-electron chi connectivity index (χ0n) is 11.5. The molecule has 0 aliphatic heterocycles. The van der Waals surface area contributed by atoms with Gasteiger partial charge in [-0.1, -0.05) is 18.2 Å². The standard InChI is InChI=1S/C16H16N2OS/c1-11-9-20-10-12(11)8-17-14-7-16(19)18(2)15-6-4-3-5-13(14)15/h3-7,9-10,17H,8H2,1-2H3. The Balaban J connectivity index is 2.01. The number of pyridine rings is 1. The Bertz CT molecular complexity index is 817. The van der Waals surface area contributed by atoms with Crippen LogP contribution in [0.15, 0.2) is 45.9 Å². The van der Waals surface area contributed by atoms with Crippen molar-refractivity contribution in [1.29, 1.82) is 0 Å². The molecule has 3 nitrogen and oxygen atoms in total. The number of nitrogens with zero attached hydrogens (tertiary/aromatic N) is 1. The number of para-hydroxylation sites is 1. The third-order valence-electron chi connectivity index (χ3n) is 3.58. The van der Waals surface area contributed by atoms with Crippen LogP contribution >= 0.6 is 11.3 Å². The smallest absolute Gasteiger partial charge is 0.252 e. The van der Waals surface area contributed by atoms with Crippen LogP contribution in [-0.2, 0) is 13.6 Å². The van der Waals surface area contributed by atoms with E-state index in [-0.39, 0.29) is 5.56 Å². The fraction of sp³-hybridized carbons (Fsp3) is 0.188. The third-order valence-corrected chi connectivity index (χ3v) is 4.50. The summed E-state index contributed by atoms with van der Waals surface area (Å²) in [5.74, 6) is 0. The van der Waals surface area contributed by atoms with E-state index in [4.69, 9.17) is 0 Å². The fourth-order valence-corrected chi connectivity index (χ4v) is 3.17. The van der Waals surface area contributed by atoms with Crippen molar-refractivity contribution in [1.82, 2.24) is 4.57 Å². The fourth-order valence-electron chi connectivity index (χ4n) is 2.32. The van der Waals surface area contributed by atoms with E-state index in [1.807, 2.05) is 24.3 Å². The molecule has 0 saturated carbocycles. The van der Waals surface area contributed by atoms with E-state index in [2.05, 4.69) is 23.0 Å². The number of benzene rings is 1. The van der Waals surface area contributed by atoms with Crippen molar-refractivity contribution in [3.8, 4) is 0 Å². The lowest BCUT2D eigenvalue weighted by Gasteiger charge is -2.12. The van der Waals surface area contributed by atoms with Crippen molar-refractivity contribution in [2.24, 2.45) is 7.05 Å². The molecule has 0 radical (unpaired) electrons. The molecular weight excluding hydrogens is 268 g/mol. The van der Waals surface area contributed by atoms with Crippen molar-refractivity contribution >= 4 is 27.9 Å². The van der Waals surface area contributed by atoms with Crippen molar-refractivity contribution < 1.29 is 0 Å². The number of rotatable bonds is 3. The molecule has 1 N–H and O–H groups in total. The summed E-state index contributed by atoms with van der Waals surface area (Å²) in [6.45, 7) is 2.85. The summed E-state index contributed by atoms with van der Waals surface area (Å²) in [6.07, 6.45) is 0. The van der Waals surface area contributed by atoms with E-state index in [0.717, 1.165) is 23.1 Å². The summed E-state index contributed by atoms with van der Waals surface area (Å²) in [5.41, 5.74) is 4.42. The summed E-state index contributed by atoms with van der Waals surface area (Å²) in [5, 5.41) is 8.75. The van der Waals surface area contributed by atoms with Gasteiger partial charge in [0.15, 0.2) is 0 Å². The predicted molar refractivity (Wildman–Crippen MR) is 85.6 cm³/mol. The quantitative estimate of drug-likeness (QED) is 0.798. The first-order valence-corrected chi connectivity index (χ1v) is 7.45. The van der Waals surface area contributed by atoms with Gasteiger partial charge in [-0.2, -0.15) is 11.3 Å². The highest BCUT2D eigenvalue weighted by Gasteiger charge is 2.06. The molecule has 0 aliphatic rings. The molecule has 1 aromatic carbocycles. The zero-order valence-corrected chi connectivity index (χ0v) is 12.3. The van der Waals surface area contributed by atoms with Crippen LogP contribution in [0.4, 0.5) is 5.69 Å². The summed E-state index contributed by atoms with van der Waals surface area (Å²) in [4.78, 5) is 12.0. The van der Waals surface area contributed by atoms with Gasteiger partial charge in [0.2, 0.25) is 0 Å². The van der Waals surface area contributed by atoms with Crippen molar-refractivity contribution in [3.05, 3.63) is 62.6 Å². The molecule has 0 unspecified atom stereocenters. The molecule has 20 heavy (non-hydrogen) atoms. The molecular formula is C16H16N2OS. The van der Waals surface area contributed by atoms with Crippen LogP contribution in [0.3, 0.4) is 0 Å². The molecule has 3 rings (SSSR count). The first-order valence-electron chi connectivity index (χ1n) is 6.51. The molecule has 0 fully saturated rings. The minimum Gasteiger partial charge on any atom is -0.380 e. The molecule has 0 spiro atoms. The second-order valence-corrected chi connectivity index (χ2v) is 5.65. The molecule has 2 heterocycles. The number of anilines is 1. The molecule has 0 atom stereocenters. The molecule has 3 aromatic rings. The maximum atomic E-state index is 12.0. The number of hydrogen-bond donors (Lipinski definition) is 1. The lowest BCUT2D eigenvalue weighted by molar-refractivity contribution is 0.905. The number of aryl methyl sites for hydroxylation is 2. The summed E-state index contributed by atoms with van der Waals surface area (Å²) in [6, 6.07) is 9.63. The van der Waals surface area contributed by atoms with Crippen LogP contribution < -0.4 is 10.9 Å². The second-order valence-electron chi connectivity index (χ2n) is 4.91. The van der Waals surface area contributed by atoms with E-state index in [1.165, 1.54) is 11.1 Å². The highest BCUT2D eigenvalue weighted by atomic mass is 32.1. The predicted octanol–water partition coefficient (Wildman–Crippen LogP) is 3.52. The van der Waals surface area contributed by atoms with Crippen LogP contribution in [0.25, 0.3) is 10.9 Å². The van der Waals surface area contributed by atoms with Gasteiger partial charge < -0.3 is 9.88 Å². The van der Waals surface area contributed by atoms with Gasteiger partial charge in [0.05, 0.1) is 5.52 Å². The Kier molecular flexibility index (Phi) is 3.32. The van der Waals surface area contributed by atoms with Crippen LogP contribution in [0, 0.1) is 6.92 Å². The van der Waals surface area contributed by atoms with Gasteiger partial charge in [0.1, 0.15) is 0 Å². The highest BCUT2D eigenvalue weighted by molar-refractivity contribution is 7.08. The molecule has 0 saturated heterocycles.